The number of nitrogens with one attached hydrogen (secondary N) is 2. The molecule has 28 heavy (non-hydrogen) atoms. The van der Waals surface area contributed by atoms with E-state index in [1.165, 1.54) is 0 Å². The van der Waals surface area contributed by atoms with E-state index in [1.54, 1.807) is 12.1 Å². The molecular formula is C21H28ClN3O3. The molecule has 6 nitrogen and oxygen atoms in total. The van der Waals surface area contributed by atoms with Gasteiger partial charge in [0.25, 0.3) is 5.91 Å². The van der Waals surface area contributed by atoms with Gasteiger partial charge in [0.05, 0.1) is 6.04 Å². The van der Waals surface area contributed by atoms with Gasteiger partial charge >= 0.3 is 6.03 Å². The Morgan fingerprint density at radius 2 is 2.07 bits per heavy atom. The van der Waals surface area contributed by atoms with E-state index in [9.17, 15) is 14.4 Å². The number of carbonyl (C=O) groups is 3. The highest BCUT2D eigenvalue weighted by Crippen LogP contribution is 2.46. The summed E-state index contributed by atoms with van der Waals surface area (Å²) in [6.45, 7) is 7.89. The third kappa shape index (κ3) is 4.17. The van der Waals surface area contributed by atoms with Crippen molar-refractivity contribution in [3.05, 3.63) is 34.9 Å². The molecule has 2 fully saturated rings. The van der Waals surface area contributed by atoms with Gasteiger partial charge in [0.2, 0.25) is 5.91 Å². The van der Waals surface area contributed by atoms with Crippen molar-refractivity contribution in [3.8, 4) is 0 Å². The topological polar surface area (TPSA) is 78.5 Å². The van der Waals surface area contributed by atoms with Gasteiger partial charge in [-0.3, -0.25) is 14.5 Å². The second-order valence-corrected chi connectivity index (χ2v) is 9.54. The average molecular weight is 406 g/mol. The molecule has 1 aliphatic carbocycles. The van der Waals surface area contributed by atoms with E-state index in [4.69, 9.17) is 11.6 Å². The maximum atomic E-state index is 13.1. The fourth-order valence-corrected chi connectivity index (χ4v) is 5.14. The number of carbonyl (C=O) groups excluding carboxylic acids is 3. The first kappa shape index (κ1) is 20.6. The first-order valence-electron chi connectivity index (χ1n) is 9.70. The molecular weight excluding hydrogens is 378 g/mol. The van der Waals surface area contributed by atoms with Gasteiger partial charge in [-0.05, 0) is 55.2 Å². The fraction of sp³-hybridized carbons (Fsp3) is 0.571. The van der Waals surface area contributed by atoms with Crippen LogP contribution in [0.15, 0.2) is 24.3 Å². The Labute approximate surface area is 171 Å². The molecule has 4 amide bonds. The Morgan fingerprint density at radius 1 is 1.36 bits per heavy atom. The van der Waals surface area contributed by atoms with Crippen molar-refractivity contribution in [2.24, 2.45) is 11.3 Å². The van der Waals surface area contributed by atoms with Crippen LogP contribution in [-0.4, -0.2) is 34.8 Å². The maximum Gasteiger partial charge on any atom is 0.325 e. The second kappa shape index (κ2) is 7.39. The molecule has 1 saturated carbocycles. The number of imide groups is 1. The predicted octanol–water partition coefficient (Wildman–Crippen LogP) is 3.65. The molecule has 0 radical (unpaired) electrons. The average Bonchev–Trinajstić information content (AvgIpc) is 2.76. The number of amides is 4. The molecule has 1 aromatic rings. The van der Waals surface area contributed by atoms with Crippen molar-refractivity contribution in [1.29, 1.82) is 0 Å². The zero-order valence-electron chi connectivity index (χ0n) is 16.8. The normalized spacial score (nSPS) is 27.6. The van der Waals surface area contributed by atoms with Crippen LogP contribution in [0, 0.1) is 11.3 Å². The Balaban J connectivity index is 1.68. The van der Waals surface area contributed by atoms with Gasteiger partial charge in [0.15, 0.2) is 0 Å². The van der Waals surface area contributed by atoms with E-state index in [0.29, 0.717) is 23.8 Å². The molecule has 2 N–H and O–H groups in total. The van der Waals surface area contributed by atoms with Crippen LogP contribution in [0.5, 0.6) is 0 Å². The first-order valence-corrected chi connectivity index (χ1v) is 10.1. The van der Waals surface area contributed by atoms with Crippen LogP contribution in [0.4, 0.5) is 4.79 Å². The lowest BCUT2D eigenvalue weighted by Gasteiger charge is -2.43. The van der Waals surface area contributed by atoms with Crippen molar-refractivity contribution in [1.82, 2.24) is 15.5 Å². The number of hydrogen-bond donors (Lipinski definition) is 2. The quantitative estimate of drug-likeness (QED) is 0.750. The van der Waals surface area contributed by atoms with Crippen molar-refractivity contribution >= 4 is 29.4 Å². The molecule has 0 bridgehead atoms. The van der Waals surface area contributed by atoms with Gasteiger partial charge in [-0.15, -0.1) is 0 Å². The van der Waals surface area contributed by atoms with Gasteiger partial charge in [0.1, 0.15) is 12.1 Å². The van der Waals surface area contributed by atoms with Crippen LogP contribution in [-0.2, 0) is 9.59 Å². The lowest BCUT2D eigenvalue weighted by Crippen LogP contribution is -2.54. The minimum absolute atomic E-state index is 0.0417. The van der Waals surface area contributed by atoms with Crippen LogP contribution in [0.3, 0.4) is 0 Å². The smallest absolute Gasteiger partial charge is 0.325 e. The maximum absolute atomic E-state index is 13.1. The Morgan fingerprint density at radius 3 is 2.71 bits per heavy atom. The van der Waals surface area contributed by atoms with Gasteiger partial charge in [-0.1, -0.05) is 44.5 Å². The summed E-state index contributed by atoms with van der Waals surface area (Å²) in [7, 11) is 0. The summed E-state index contributed by atoms with van der Waals surface area (Å²) < 4.78 is 0. The summed E-state index contributed by atoms with van der Waals surface area (Å²) >= 11 is 6.00. The molecule has 1 heterocycles. The van der Waals surface area contributed by atoms with Gasteiger partial charge in [-0.2, -0.15) is 0 Å². The van der Waals surface area contributed by atoms with E-state index in [-0.39, 0.29) is 29.8 Å². The molecule has 0 aromatic heterocycles. The highest BCUT2D eigenvalue weighted by molar-refractivity contribution is 6.30. The summed E-state index contributed by atoms with van der Waals surface area (Å²) in [5.74, 6) is -0.344. The van der Waals surface area contributed by atoms with E-state index < -0.39 is 11.6 Å². The Hall–Kier alpha value is -2.08. The molecule has 3 rings (SSSR count). The van der Waals surface area contributed by atoms with Crippen LogP contribution in [0.25, 0.3) is 0 Å². The fourth-order valence-electron chi connectivity index (χ4n) is 4.94. The van der Waals surface area contributed by atoms with Crippen LogP contribution >= 0.6 is 11.6 Å². The Kier molecular flexibility index (Phi) is 5.45. The van der Waals surface area contributed by atoms with Crippen molar-refractivity contribution in [2.75, 3.05) is 6.54 Å². The zero-order chi connectivity index (χ0) is 20.7. The van der Waals surface area contributed by atoms with E-state index in [2.05, 4.69) is 31.4 Å². The minimum atomic E-state index is -0.892. The molecule has 7 heteroatoms. The van der Waals surface area contributed by atoms with Crippen LogP contribution < -0.4 is 10.6 Å². The van der Waals surface area contributed by atoms with E-state index in [1.807, 2.05) is 19.1 Å². The highest BCUT2D eigenvalue weighted by atomic mass is 35.5. The molecule has 1 aliphatic heterocycles. The van der Waals surface area contributed by atoms with Gasteiger partial charge < -0.3 is 10.6 Å². The first-order chi connectivity index (χ1) is 13.0. The molecule has 3 atom stereocenters. The van der Waals surface area contributed by atoms with Crippen molar-refractivity contribution < 1.29 is 14.4 Å². The van der Waals surface area contributed by atoms with Crippen LogP contribution in [0.2, 0.25) is 5.02 Å². The van der Waals surface area contributed by atoms with Crippen molar-refractivity contribution in [3.63, 3.8) is 0 Å². The monoisotopic (exact) mass is 405 g/mol. The van der Waals surface area contributed by atoms with E-state index >= 15 is 0 Å². The molecule has 1 saturated heterocycles. The lowest BCUT2D eigenvalue weighted by atomic mass is 9.64. The summed E-state index contributed by atoms with van der Waals surface area (Å²) in [6, 6.07) is 6.45. The lowest BCUT2D eigenvalue weighted by molar-refractivity contribution is -0.137. The van der Waals surface area contributed by atoms with Crippen LogP contribution in [0.1, 0.15) is 58.6 Å². The number of nitrogens with zero attached hydrogens (tertiary/aromatic N) is 1. The third-order valence-corrected chi connectivity index (χ3v) is 5.89. The summed E-state index contributed by atoms with van der Waals surface area (Å²) in [6.07, 6.45) is 2.21. The number of rotatable bonds is 4. The van der Waals surface area contributed by atoms with E-state index in [0.717, 1.165) is 16.9 Å². The molecule has 0 unspecified atom stereocenters. The molecule has 152 valence electrons. The highest BCUT2D eigenvalue weighted by Gasteiger charge is 2.56. The SMILES string of the molecule is C[C@@H]1CC(C)(C)C[C@@]2(C1)NC(=O)N(CC(=O)N[C@H](C)c1cccc(Cl)c1)C2=O. The molecule has 2 aliphatic rings. The number of urea groups is 1. The number of halogens is 1. The second-order valence-electron chi connectivity index (χ2n) is 9.10. The predicted molar refractivity (Wildman–Crippen MR) is 108 cm³/mol. The summed E-state index contributed by atoms with van der Waals surface area (Å²) in [5, 5.41) is 6.32. The third-order valence-electron chi connectivity index (χ3n) is 5.65. The summed E-state index contributed by atoms with van der Waals surface area (Å²) in [5.41, 5.74) is -0.0748. The summed E-state index contributed by atoms with van der Waals surface area (Å²) in [4.78, 5) is 39.2. The zero-order valence-corrected chi connectivity index (χ0v) is 17.6. The molecule has 1 aromatic carbocycles. The van der Waals surface area contributed by atoms with Gasteiger partial charge in [0, 0.05) is 5.02 Å². The number of hydrogen-bond acceptors (Lipinski definition) is 3. The van der Waals surface area contributed by atoms with Crippen molar-refractivity contribution in [2.45, 2.75) is 58.5 Å². The largest absolute Gasteiger partial charge is 0.348 e. The molecule has 1 spiro atoms. The standard InChI is InChI=1S/C21H28ClN3O3/c1-13-9-20(3,4)12-21(10-13)18(27)25(19(28)24-21)11-17(26)23-14(2)15-6-5-7-16(22)8-15/h5-8,13-14H,9-12H2,1-4H3,(H,23,26)(H,24,28)/t13-,14-,21-/m1/s1. The minimum Gasteiger partial charge on any atom is -0.348 e. The number of benzene rings is 1. The Bertz CT molecular complexity index is 810. The van der Waals surface area contributed by atoms with Gasteiger partial charge in [-0.25, -0.2) is 4.79 Å².